The van der Waals surface area contributed by atoms with Crippen molar-refractivity contribution in [1.29, 1.82) is 0 Å². The van der Waals surface area contributed by atoms with Crippen molar-refractivity contribution in [1.82, 2.24) is 9.97 Å². The summed E-state index contributed by atoms with van der Waals surface area (Å²) in [6.45, 7) is 0. The average Bonchev–Trinajstić information content (AvgIpc) is 2.54. The molecule has 3 rings (SSSR count). The standard InChI is InChI=1S/C17H10Cl2FN3O/c18-12-5-13(19)7-15(6-12)23-17(24)11-8-21-16(22-9-11)10-2-1-3-14(20)4-10/h1-9H,(H,23,24). The number of rotatable bonds is 3. The third-order valence-corrected chi connectivity index (χ3v) is 3.55. The van der Waals surface area contributed by atoms with E-state index in [9.17, 15) is 9.18 Å². The Bertz CT molecular complexity index is 880. The third-order valence-electron chi connectivity index (χ3n) is 3.12. The smallest absolute Gasteiger partial charge is 0.258 e. The van der Waals surface area contributed by atoms with Gasteiger partial charge in [0.2, 0.25) is 0 Å². The number of benzene rings is 2. The van der Waals surface area contributed by atoms with Crippen molar-refractivity contribution in [3.63, 3.8) is 0 Å². The van der Waals surface area contributed by atoms with Gasteiger partial charge in [-0.2, -0.15) is 0 Å². The lowest BCUT2D eigenvalue weighted by Gasteiger charge is -2.07. The van der Waals surface area contributed by atoms with Gasteiger partial charge in [-0.3, -0.25) is 4.79 Å². The maximum atomic E-state index is 13.2. The molecule has 0 fully saturated rings. The van der Waals surface area contributed by atoms with Crippen LogP contribution in [0.15, 0.2) is 54.9 Å². The minimum atomic E-state index is -0.404. The van der Waals surface area contributed by atoms with Crippen LogP contribution in [-0.4, -0.2) is 15.9 Å². The number of carbonyl (C=O) groups excluding carboxylic acids is 1. The first-order valence-corrected chi connectivity index (χ1v) is 7.62. The van der Waals surface area contributed by atoms with E-state index in [4.69, 9.17) is 23.2 Å². The van der Waals surface area contributed by atoms with Crippen LogP contribution in [0.3, 0.4) is 0 Å². The third kappa shape index (κ3) is 3.88. The summed E-state index contributed by atoms with van der Waals surface area (Å²) in [5.74, 6) is -0.452. The molecule has 0 aliphatic carbocycles. The summed E-state index contributed by atoms with van der Waals surface area (Å²) in [7, 11) is 0. The van der Waals surface area contributed by atoms with Crippen molar-refractivity contribution >= 4 is 34.8 Å². The number of anilines is 1. The number of carbonyl (C=O) groups is 1. The number of amides is 1. The molecule has 0 aliphatic rings. The Morgan fingerprint density at radius 3 is 2.29 bits per heavy atom. The van der Waals surface area contributed by atoms with E-state index in [1.807, 2.05) is 0 Å². The number of nitrogens with zero attached hydrogens (tertiary/aromatic N) is 2. The van der Waals surface area contributed by atoms with Crippen molar-refractivity contribution in [2.24, 2.45) is 0 Å². The molecule has 0 saturated carbocycles. The fraction of sp³-hybridized carbons (Fsp3) is 0. The molecule has 120 valence electrons. The average molecular weight is 362 g/mol. The highest BCUT2D eigenvalue weighted by atomic mass is 35.5. The first-order chi connectivity index (χ1) is 11.5. The Labute approximate surface area is 147 Å². The van der Waals surface area contributed by atoms with Crippen LogP contribution in [0.5, 0.6) is 0 Å². The van der Waals surface area contributed by atoms with Crippen LogP contribution in [0, 0.1) is 5.82 Å². The molecule has 0 unspecified atom stereocenters. The zero-order valence-corrected chi connectivity index (χ0v) is 13.6. The Kier molecular flexibility index (Phi) is 4.74. The lowest BCUT2D eigenvalue weighted by atomic mass is 10.2. The minimum Gasteiger partial charge on any atom is -0.322 e. The van der Waals surface area contributed by atoms with Crippen LogP contribution in [0.4, 0.5) is 10.1 Å². The Morgan fingerprint density at radius 1 is 1.00 bits per heavy atom. The van der Waals surface area contributed by atoms with Crippen molar-refractivity contribution in [3.8, 4) is 11.4 Å². The summed E-state index contributed by atoms with van der Waals surface area (Å²) < 4.78 is 13.2. The number of hydrogen-bond acceptors (Lipinski definition) is 3. The SMILES string of the molecule is O=C(Nc1cc(Cl)cc(Cl)c1)c1cnc(-c2cccc(F)c2)nc1. The Balaban J connectivity index is 1.79. The van der Waals surface area contributed by atoms with Gasteiger partial charge in [0.25, 0.3) is 5.91 Å². The van der Waals surface area contributed by atoms with Gasteiger partial charge in [-0.1, -0.05) is 35.3 Å². The number of halogens is 3. The van der Waals surface area contributed by atoms with E-state index in [0.29, 0.717) is 27.1 Å². The second-order valence-corrected chi connectivity index (χ2v) is 5.79. The van der Waals surface area contributed by atoms with E-state index in [1.165, 1.54) is 24.5 Å². The molecule has 4 nitrogen and oxygen atoms in total. The van der Waals surface area contributed by atoms with E-state index >= 15 is 0 Å². The largest absolute Gasteiger partial charge is 0.322 e. The molecule has 0 radical (unpaired) electrons. The monoisotopic (exact) mass is 361 g/mol. The molecule has 0 spiro atoms. The van der Waals surface area contributed by atoms with E-state index in [2.05, 4.69) is 15.3 Å². The summed E-state index contributed by atoms with van der Waals surface area (Å²) in [5.41, 5.74) is 1.25. The number of aromatic nitrogens is 2. The molecular weight excluding hydrogens is 352 g/mol. The Morgan fingerprint density at radius 2 is 1.67 bits per heavy atom. The maximum Gasteiger partial charge on any atom is 0.258 e. The summed E-state index contributed by atoms with van der Waals surface area (Å²) in [5, 5.41) is 3.49. The van der Waals surface area contributed by atoms with Crippen LogP contribution in [-0.2, 0) is 0 Å². The predicted molar refractivity (Wildman–Crippen MR) is 91.8 cm³/mol. The maximum absolute atomic E-state index is 13.2. The molecule has 0 saturated heterocycles. The van der Waals surface area contributed by atoms with Gasteiger partial charge in [0, 0.05) is 33.7 Å². The zero-order chi connectivity index (χ0) is 17.1. The lowest BCUT2D eigenvalue weighted by molar-refractivity contribution is 0.102. The molecule has 1 amide bonds. The molecule has 2 aromatic carbocycles. The van der Waals surface area contributed by atoms with Crippen LogP contribution >= 0.6 is 23.2 Å². The van der Waals surface area contributed by atoms with Crippen molar-refractivity contribution < 1.29 is 9.18 Å². The van der Waals surface area contributed by atoms with Gasteiger partial charge in [0.15, 0.2) is 5.82 Å². The molecule has 7 heteroatoms. The van der Waals surface area contributed by atoms with Crippen molar-refractivity contribution in [2.45, 2.75) is 0 Å². The van der Waals surface area contributed by atoms with E-state index in [-0.39, 0.29) is 11.4 Å². The van der Waals surface area contributed by atoms with Crippen LogP contribution < -0.4 is 5.32 Å². The van der Waals surface area contributed by atoms with Gasteiger partial charge in [-0.15, -0.1) is 0 Å². The van der Waals surface area contributed by atoms with E-state index in [1.54, 1.807) is 30.3 Å². The van der Waals surface area contributed by atoms with Crippen LogP contribution in [0.25, 0.3) is 11.4 Å². The first kappa shape index (κ1) is 16.4. The molecule has 0 bridgehead atoms. The van der Waals surface area contributed by atoms with Crippen LogP contribution in [0.1, 0.15) is 10.4 Å². The van der Waals surface area contributed by atoms with Crippen LogP contribution in [0.2, 0.25) is 10.0 Å². The predicted octanol–water partition coefficient (Wildman–Crippen LogP) is 4.84. The molecule has 0 aliphatic heterocycles. The summed E-state index contributed by atoms with van der Waals surface area (Å²) in [6, 6.07) is 10.6. The topological polar surface area (TPSA) is 54.9 Å². The molecule has 24 heavy (non-hydrogen) atoms. The van der Waals surface area contributed by atoms with Gasteiger partial charge >= 0.3 is 0 Å². The van der Waals surface area contributed by atoms with Gasteiger partial charge in [-0.05, 0) is 30.3 Å². The van der Waals surface area contributed by atoms with Gasteiger partial charge < -0.3 is 5.32 Å². The van der Waals surface area contributed by atoms with E-state index < -0.39 is 5.91 Å². The quantitative estimate of drug-likeness (QED) is 0.725. The molecular formula is C17H10Cl2FN3O. The fourth-order valence-electron chi connectivity index (χ4n) is 2.05. The normalized spacial score (nSPS) is 10.5. The molecule has 1 N–H and O–H groups in total. The molecule has 0 atom stereocenters. The lowest BCUT2D eigenvalue weighted by Crippen LogP contribution is -2.12. The van der Waals surface area contributed by atoms with Crippen molar-refractivity contribution in [3.05, 3.63) is 76.3 Å². The summed E-state index contributed by atoms with van der Waals surface area (Å²) in [4.78, 5) is 20.4. The number of nitrogens with one attached hydrogen (secondary N) is 1. The highest BCUT2D eigenvalue weighted by Gasteiger charge is 2.10. The minimum absolute atomic E-state index is 0.256. The van der Waals surface area contributed by atoms with Gasteiger partial charge in [-0.25, -0.2) is 14.4 Å². The van der Waals surface area contributed by atoms with E-state index in [0.717, 1.165) is 0 Å². The zero-order valence-electron chi connectivity index (χ0n) is 12.1. The fourth-order valence-corrected chi connectivity index (χ4v) is 2.58. The first-order valence-electron chi connectivity index (χ1n) is 6.87. The Hall–Kier alpha value is -2.50. The number of hydrogen-bond donors (Lipinski definition) is 1. The van der Waals surface area contributed by atoms with Gasteiger partial charge in [0.05, 0.1) is 5.56 Å². The van der Waals surface area contributed by atoms with Crippen molar-refractivity contribution in [2.75, 3.05) is 5.32 Å². The summed E-state index contributed by atoms with van der Waals surface area (Å²) >= 11 is 11.8. The summed E-state index contributed by atoms with van der Waals surface area (Å²) in [6.07, 6.45) is 2.74. The molecule has 3 aromatic rings. The second kappa shape index (κ2) is 6.95. The highest BCUT2D eigenvalue weighted by Crippen LogP contribution is 2.23. The molecule has 1 aromatic heterocycles. The highest BCUT2D eigenvalue weighted by molar-refractivity contribution is 6.35. The molecule has 1 heterocycles. The second-order valence-electron chi connectivity index (χ2n) is 4.92. The van der Waals surface area contributed by atoms with Gasteiger partial charge in [0.1, 0.15) is 5.82 Å².